The molecule has 0 saturated carbocycles. The number of aliphatic imine (C=N–C) groups is 1. The topological polar surface area (TPSA) is 74.8 Å². The predicted octanol–water partition coefficient (Wildman–Crippen LogP) is 2.21. The largest absolute Gasteiger partial charge is 0.484 e. The summed E-state index contributed by atoms with van der Waals surface area (Å²) in [5, 5.41) is 8.93. The Morgan fingerprint density at radius 1 is 1.07 bits per heavy atom. The third kappa shape index (κ3) is 6.97. The van der Waals surface area contributed by atoms with Gasteiger partial charge in [0.1, 0.15) is 11.6 Å². The summed E-state index contributed by atoms with van der Waals surface area (Å²) in [6.45, 7) is 3.26. The van der Waals surface area contributed by atoms with Gasteiger partial charge in [-0.15, -0.1) is 0 Å². The quantitative estimate of drug-likeness (QED) is 0.491. The number of nitrogens with one attached hydrogen (secondary N) is 3. The van der Waals surface area contributed by atoms with Gasteiger partial charge in [0.05, 0.1) is 0 Å². The molecule has 0 unspecified atom stereocenters. The summed E-state index contributed by atoms with van der Waals surface area (Å²) in [4.78, 5) is 15.6. The number of benzene rings is 2. The van der Waals surface area contributed by atoms with Crippen molar-refractivity contribution < 1.29 is 13.9 Å². The molecule has 7 heteroatoms. The Bertz CT molecular complexity index is 780. The van der Waals surface area contributed by atoms with Gasteiger partial charge in [-0.3, -0.25) is 9.79 Å². The van der Waals surface area contributed by atoms with E-state index in [1.54, 1.807) is 31.3 Å². The lowest BCUT2D eigenvalue weighted by Crippen LogP contribution is -2.36. The van der Waals surface area contributed by atoms with Crippen LogP contribution in [0.2, 0.25) is 0 Å². The Morgan fingerprint density at radius 2 is 1.85 bits per heavy atom. The third-order valence-corrected chi connectivity index (χ3v) is 3.73. The van der Waals surface area contributed by atoms with Crippen molar-refractivity contribution in [2.45, 2.75) is 20.0 Å². The van der Waals surface area contributed by atoms with Crippen LogP contribution in [0.1, 0.15) is 18.1 Å². The highest BCUT2D eigenvalue weighted by Crippen LogP contribution is 2.13. The molecule has 1 amide bonds. The van der Waals surface area contributed by atoms with E-state index in [4.69, 9.17) is 4.74 Å². The molecule has 0 aliphatic carbocycles. The van der Waals surface area contributed by atoms with E-state index in [1.165, 1.54) is 6.07 Å². The van der Waals surface area contributed by atoms with Crippen LogP contribution < -0.4 is 20.7 Å². The number of hydrogen-bond acceptors (Lipinski definition) is 3. The fraction of sp³-hybridized carbons (Fsp3) is 0.300. The number of carbonyl (C=O) groups excluding carboxylic acids is 1. The lowest BCUT2D eigenvalue weighted by Gasteiger charge is -2.13. The van der Waals surface area contributed by atoms with Crippen LogP contribution in [0.3, 0.4) is 0 Å². The van der Waals surface area contributed by atoms with Crippen molar-refractivity contribution in [2.24, 2.45) is 4.99 Å². The Labute approximate surface area is 158 Å². The lowest BCUT2D eigenvalue weighted by molar-refractivity contribution is -0.122. The van der Waals surface area contributed by atoms with Crippen molar-refractivity contribution in [2.75, 3.05) is 20.2 Å². The number of halogens is 1. The first-order valence-corrected chi connectivity index (χ1v) is 8.78. The first kappa shape index (κ1) is 20.2. The molecule has 2 aromatic carbocycles. The maximum Gasteiger partial charge on any atom is 0.257 e. The van der Waals surface area contributed by atoms with Gasteiger partial charge in [-0.25, -0.2) is 4.39 Å². The first-order valence-electron chi connectivity index (χ1n) is 8.78. The minimum atomic E-state index is -0.252. The normalized spacial score (nSPS) is 11.0. The van der Waals surface area contributed by atoms with Crippen molar-refractivity contribution >= 4 is 11.9 Å². The Kier molecular flexibility index (Phi) is 8.09. The molecule has 0 bridgehead atoms. The Morgan fingerprint density at radius 3 is 2.59 bits per heavy atom. The van der Waals surface area contributed by atoms with E-state index in [2.05, 4.69) is 20.9 Å². The first-order chi connectivity index (χ1) is 13.1. The van der Waals surface area contributed by atoms with Gasteiger partial charge in [0.2, 0.25) is 0 Å². The highest BCUT2D eigenvalue weighted by Gasteiger charge is 2.05. The van der Waals surface area contributed by atoms with Crippen LogP contribution in [-0.2, 0) is 17.9 Å². The van der Waals surface area contributed by atoms with E-state index in [1.807, 2.05) is 25.1 Å². The van der Waals surface area contributed by atoms with Gasteiger partial charge < -0.3 is 20.7 Å². The minimum Gasteiger partial charge on any atom is -0.484 e. The Balaban J connectivity index is 1.84. The van der Waals surface area contributed by atoms with E-state index in [-0.39, 0.29) is 18.3 Å². The van der Waals surface area contributed by atoms with Crippen LogP contribution in [0.4, 0.5) is 4.39 Å². The van der Waals surface area contributed by atoms with Crippen LogP contribution in [-0.4, -0.2) is 32.1 Å². The van der Waals surface area contributed by atoms with Gasteiger partial charge in [-0.2, -0.15) is 0 Å². The monoisotopic (exact) mass is 372 g/mol. The molecule has 27 heavy (non-hydrogen) atoms. The minimum absolute atomic E-state index is 0.0173. The van der Waals surface area contributed by atoms with Gasteiger partial charge in [-0.1, -0.05) is 30.3 Å². The second-order valence-electron chi connectivity index (χ2n) is 5.76. The van der Waals surface area contributed by atoms with Gasteiger partial charge >= 0.3 is 0 Å². The molecule has 0 radical (unpaired) electrons. The van der Waals surface area contributed by atoms with Crippen LogP contribution in [0.5, 0.6) is 5.75 Å². The molecule has 144 valence electrons. The molecular weight excluding hydrogens is 347 g/mol. The molecule has 2 aromatic rings. The predicted molar refractivity (Wildman–Crippen MR) is 104 cm³/mol. The molecule has 6 nitrogen and oxygen atoms in total. The number of ether oxygens (including phenoxy) is 1. The standard InChI is InChI=1S/C20H25FN4O2/c1-3-23-19(26)14-27-17-9-6-7-15(11-17)12-24-20(22-2)25-13-16-8-4-5-10-18(16)21/h4-11H,3,12-14H2,1-2H3,(H,23,26)(H2,22,24,25). The number of guanidine groups is 1. The van der Waals surface area contributed by atoms with Gasteiger partial charge in [0.15, 0.2) is 12.6 Å². The molecule has 0 aliphatic rings. The summed E-state index contributed by atoms with van der Waals surface area (Å²) in [5.74, 6) is 0.776. The van der Waals surface area contributed by atoms with Crippen LogP contribution >= 0.6 is 0 Å². The molecule has 2 rings (SSSR count). The van der Waals surface area contributed by atoms with Crippen LogP contribution in [0.25, 0.3) is 0 Å². The van der Waals surface area contributed by atoms with Crippen molar-refractivity contribution in [3.05, 3.63) is 65.5 Å². The molecule has 0 aromatic heterocycles. The summed E-state index contributed by atoms with van der Waals surface area (Å²) in [6, 6.07) is 14.1. The fourth-order valence-electron chi connectivity index (χ4n) is 2.37. The number of hydrogen-bond donors (Lipinski definition) is 3. The van der Waals surface area contributed by atoms with Crippen LogP contribution in [0.15, 0.2) is 53.5 Å². The Hall–Kier alpha value is -3.09. The van der Waals surface area contributed by atoms with Crippen molar-refractivity contribution in [3.8, 4) is 5.75 Å². The lowest BCUT2D eigenvalue weighted by atomic mass is 10.2. The molecule has 0 aliphatic heterocycles. The van der Waals surface area contributed by atoms with Crippen LogP contribution in [0, 0.1) is 5.82 Å². The van der Waals surface area contributed by atoms with E-state index >= 15 is 0 Å². The number of likely N-dealkylation sites (N-methyl/N-ethyl adjacent to an activating group) is 1. The van der Waals surface area contributed by atoms with E-state index < -0.39 is 0 Å². The molecule has 0 atom stereocenters. The van der Waals surface area contributed by atoms with Crippen molar-refractivity contribution in [1.29, 1.82) is 0 Å². The second-order valence-corrected chi connectivity index (χ2v) is 5.76. The van der Waals surface area contributed by atoms with Gasteiger partial charge in [0.25, 0.3) is 5.91 Å². The van der Waals surface area contributed by atoms with Gasteiger partial charge in [-0.05, 0) is 30.7 Å². The van der Waals surface area contributed by atoms with E-state index in [0.717, 1.165) is 5.56 Å². The average Bonchev–Trinajstić information content (AvgIpc) is 2.68. The third-order valence-electron chi connectivity index (χ3n) is 3.73. The number of rotatable bonds is 8. The molecular formula is C20H25FN4O2. The molecule has 0 spiro atoms. The number of nitrogens with zero attached hydrogens (tertiary/aromatic N) is 1. The molecule has 3 N–H and O–H groups in total. The molecule has 0 saturated heterocycles. The molecule has 0 heterocycles. The fourth-order valence-corrected chi connectivity index (χ4v) is 2.37. The zero-order valence-corrected chi connectivity index (χ0v) is 15.6. The zero-order chi connectivity index (χ0) is 19.5. The highest BCUT2D eigenvalue weighted by molar-refractivity contribution is 5.79. The maximum atomic E-state index is 13.7. The average molecular weight is 372 g/mol. The number of carbonyl (C=O) groups is 1. The summed E-state index contributed by atoms with van der Waals surface area (Å²) >= 11 is 0. The molecule has 0 fully saturated rings. The maximum absolute atomic E-state index is 13.7. The van der Waals surface area contributed by atoms with Crippen molar-refractivity contribution in [3.63, 3.8) is 0 Å². The van der Waals surface area contributed by atoms with Gasteiger partial charge in [0, 0.05) is 32.2 Å². The second kappa shape index (κ2) is 10.8. The summed E-state index contributed by atoms with van der Waals surface area (Å²) < 4.78 is 19.2. The van der Waals surface area contributed by atoms with Crippen molar-refractivity contribution in [1.82, 2.24) is 16.0 Å². The zero-order valence-electron chi connectivity index (χ0n) is 15.6. The smallest absolute Gasteiger partial charge is 0.257 e. The van der Waals surface area contributed by atoms with E-state index in [9.17, 15) is 9.18 Å². The SMILES string of the molecule is CCNC(=O)COc1cccc(CNC(=NC)NCc2ccccc2F)c1. The highest BCUT2D eigenvalue weighted by atomic mass is 19.1. The summed E-state index contributed by atoms with van der Waals surface area (Å²) in [7, 11) is 1.66. The van der Waals surface area contributed by atoms with E-state index in [0.29, 0.717) is 36.9 Å². The number of amides is 1. The summed E-state index contributed by atoms with van der Waals surface area (Å²) in [6.07, 6.45) is 0. The summed E-state index contributed by atoms with van der Waals surface area (Å²) in [5.41, 5.74) is 1.54.